The molecule has 1 aromatic heterocycles. The fourth-order valence-corrected chi connectivity index (χ4v) is 2.05. The molecule has 0 aliphatic rings. The molecule has 0 aliphatic heterocycles. The number of aromatic nitrogens is 2. The molecular formula is C15H15N3O6. The number of ketones is 1. The molecule has 0 fully saturated rings. The van der Waals surface area contributed by atoms with Crippen LogP contribution in [0.15, 0.2) is 28.9 Å². The molecular weight excluding hydrogens is 318 g/mol. The van der Waals surface area contributed by atoms with E-state index in [1.807, 2.05) is 0 Å². The minimum Gasteiger partial charge on any atom is -0.462 e. The average Bonchev–Trinajstić information content (AvgIpc) is 3.01. The van der Waals surface area contributed by atoms with Crippen LogP contribution in [-0.4, -0.2) is 33.6 Å². The summed E-state index contributed by atoms with van der Waals surface area (Å²) < 4.78 is 9.44. The maximum Gasteiger partial charge on any atom is 0.333 e. The summed E-state index contributed by atoms with van der Waals surface area (Å²) in [5, 5.41) is 18.1. The molecule has 0 spiro atoms. The van der Waals surface area contributed by atoms with Crippen LogP contribution >= 0.6 is 0 Å². The van der Waals surface area contributed by atoms with Crippen molar-refractivity contribution in [3.05, 3.63) is 40.0 Å². The molecule has 1 aromatic carbocycles. The molecule has 126 valence electrons. The monoisotopic (exact) mass is 333 g/mol. The maximum absolute atomic E-state index is 12.0. The van der Waals surface area contributed by atoms with E-state index in [1.54, 1.807) is 6.92 Å². The van der Waals surface area contributed by atoms with E-state index in [2.05, 4.69) is 21.5 Å². The number of carbonyl (C=O) groups excluding carboxylic acids is 2. The van der Waals surface area contributed by atoms with Crippen molar-refractivity contribution in [3.8, 4) is 0 Å². The van der Waals surface area contributed by atoms with Crippen molar-refractivity contribution >= 4 is 28.5 Å². The summed E-state index contributed by atoms with van der Waals surface area (Å²) in [6, 6.07) is 2.73. The second-order valence-electron chi connectivity index (χ2n) is 5.20. The van der Waals surface area contributed by atoms with Gasteiger partial charge in [-0.1, -0.05) is 6.58 Å². The Morgan fingerprint density at radius 1 is 1.33 bits per heavy atom. The second-order valence-corrected chi connectivity index (χ2v) is 5.20. The summed E-state index contributed by atoms with van der Waals surface area (Å²) in [7, 11) is 0. The summed E-state index contributed by atoms with van der Waals surface area (Å²) >= 11 is 0. The molecule has 1 heterocycles. The predicted octanol–water partition coefficient (Wildman–Crippen LogP) is 2.14. The first-order valence-corrected chi connectivity index (χ1v) is 7.13. The molecule has 0 radical (unpaired) electrons. The molecule has 0 N–H and O–H groups in total. The van der Waals surface area contributed by atoms with Crippen LogP contribution in [0.4, 0.5) is 5.69 Å². The van der Waals surface area contributed by atoms with Gasteiger partial charge in [-0.3, -0.25) is 14.9 Å². The number of carbonyl (C=O) groups is 2. The third-order valence-electron chi connectivity index (χ3n) is 3.24. The molecule has 24 heavy (non-hydrogen) atoms. The van der Waals surface area contributed by atoms with Crippen molar-refractivity contribution in [1.29, 1.82) is 0 Å². The van der Waals surface area contributed by atoms with Gasteiger partial charge in [0.1, 0.15) is 11.3 Å². The van der Waals surface area contributed by atoms with Crippen LogP contribution in [0.1, 0.15) is 25.3 Å². The summed E-state index contributed by atoms with van der Waals surface area (Å²) in [5.74, 6) is -0.604. The van der Waals surface area contributed by atoms with Gasteiger partial charge in [0, 0.05) is 24.5 Å². The van der Waals surface area contributed by atoms with E-state index in [1.165, 1.54) is 12.1 Å². The molecule has 0 bridgehead atoms. The number of nitro benzene ring substituents is 1. The fraction of sp³-hybridized carbons (Fsp3) is 0.333. The van der Waals surface area contributed by atoms with Gasteiger partial charge in [-0.2, -0.15) is 0 Å². The number of benzene rings is 1. The number of esters is 1. The van der Waals surface area contributed by atoms with E-state index in [4.69, 9.17) is 4.74 Å². The first kappa shape index (κ1) is 17.3. The minimum absolute atomic E-state index is 0.0145. The zero-order valence-corrected chi connectivity index (χ0v) is 13.0. The molecule has 0 amide bonds. The molecule has 0 aliphatic carbocycles. The number of hydrogen-bond donors (Lipinski definition) is 0. The van der Waals surface area contributed by atoms with Gasteiger partial charge in [0.05, 0.1) is 11.5 Å². The molecule has 0 saturated heterocycles. The number of nitrogens with zero attached hydrogens (tertiary/aromatic N) is 3. The molecule has 9 heteroatoms. The van der Waals surface area contributed by atoms with Crippen LogP contribution in [0, 0.1) is 10.1 Å². The van der Waals surface area contributed by atoms with Gasteiger partial charge >= 0.3 is 11.7 Å². The summed E-state index contributed by atoms with van der Waals surface area (Å²) in [6.45, 7) is 5.12. The quantitative estimate of drug-likeness (QED) is 0.236. The largest absolute Gasteiger partial charge is 0.462 e. The molecule has 0 atom stereocenters. The normalized spacial score (nSPS) is 10.5. The van der Waals surface area contributed by atoms with Crippen molar-refractivity contribution in [2.75, 3.05) is 6.61 Å². The van der Waals surface area contributed by atoms with Gasteiger partial charge < -0.3 is 4.74 Å². The van der Waals surface area contributed by atoms with Crippen LogP contribution in [0.2, 0.25) is 0 Å². The van der Waals surface area contributed by atoms with E-state index in [0.717, 1.165) is 0 Å². The topological polar surface area (TPSA) is 125 Å². The van der Waals surface area contributed by atoms with Crippen LogP contribution in [0.25, 0.3) is 11.0 Å². The van der Waals surface area contributed by atoms with Gasteiger partial charge in [-0.15, -0.1) is 0 Å². The molecule has 9 nitrogen and oxygen atoms in total. The van der Waals surface area contributed by atoms with Crippen LogP contribution in [0.5, 0.6) is 0 Å². The number of Topliss-reactive ketones (excluding diaryl/α,β-unsaturated/α-hetero) is 1. The van der Waals surface area contributed by atoms with Crippen molar-refractivity contribution in [2.24, 2.45) is 0 Å². The number of nitro groups is 1. The highest BCUT2D eigenvalue weighted by Crippen LogP contribution is 2.26. The lowest BCUT2D eigenvalue weighted by molar-refractivity contribution is -0.383. The highest BCUT2D eigenvalue weighted by molar-refractivity contribution is 5.90. The van der Waals surface area contributed by atoms with E-state index in [0.29, 0.717) is 17.6 Å². The lowest BCUT2D eigenvalue weighted by Crippen LogP contribution is -2.09. The number of rotatable bonds is 8. The summed E-state index contributed by atoms with van der Waals surface area (Å²) in [6.07, 6.45) is 0.620. The lowest BCUT2D eigenvalue weighted by atomic mass is 10.0. The van der Waals surface area contributed by atoms with Crippen LogP contribution in [0.3, 0.4) is 0 Å². The number of hydrogen-bond acceptors (Lipinski definition) is 8. The summed E-state index contributed by atoms with van der Waals surface area (Å²) in [5.41, 5.74) is 0.787. The Balaban J connectivity index is 1.95. The van der Waals surface area contributed by atoms with E-state index in [9.17, 15) is 19.7 Å². The van der Waals surface area contributed by atoms with E-state index >= 15 is 0 Å². The Morgan fingerprint density at radius 2 is 2.04 bits per heavy atom. The Kier molecular flexibility index (Phi) is 5.35. The van der Waals surface area contributed by atoms with Gasteiger partial charge in [0.25, 0.3) is 0 Å². The first-order valence-electron chi connectivity index (χ1n) is 7.13. The highest BCUT2D eigenvalue weighted by Gasteiger charge is 2.20. The van der Waals surface area contributed by atoms with Gasteiger partial charge in [-0.25, -0.2) is 9.42 Å². The van der Waals surface area contributed by atoms with E-state index < -0.39 is 10.9 Å². The van der Waals surface area contributed by atoms with E-state index in [-0.39, 0.29) is 42.0 Å². The maximum atomic E-state index is 12.0. The Labute approximate surface area is 136 Å². The van der Waals surface area contributed by atoms with Gasteiger partial charge in [0.2, 0.25) is 5.52 Å². The second kappa shape index (κ2) is 7.44. The zero-order valence-electron chi connectivity index (χ0n) is 13.0. The predicted molar refractivity (Wildman–Crippen MR) is 82.2 cm³/mol. The third kappa shape index (κ3) is 4.00. The van der Waals surface area contributed by atoms with Crippen LogP contribution < -0.4 is 0 Å². The number of non-ortho nitro benzene ring substituents is 1. The van der Waals surface area contributed by atoms with Crippen LogP contribution in [-0.2, 0) is 20.7 Å². The van der Waals surface area contributed by atoms with Crippen molar-refractivity contribution in [1.82, 2.24) is 10.3 Å². The van der Waals surface area contributed by atoms with Gasteiger partial charge in [0.15, 0.2) is 0 Å². The third-order valence-corrected chi connectivity index (χ3v) is 3.24. The SMILES string of the molecule is C=C(C)C(=O)OCCCC(=O)Cc1ccc([N+](=O)[O-])c2nonc12. The molecule has 0 saturated carbocycles. The van der Waals surface area contributed by atoms with Crippen molar-refractivity contribution in [2.45, 2.75) is 26.2 Å². The lowest BCUT2D eigenvalue weighted by Gasteiger charge is -2.04. The first-order chi connectivity index (χ1) is 11.4. The molecule has 0 unspecified atom stereocenters. The Bertz CT molecular complexity index is 811. The Morgan fingerprint density at radius 3 is 2.71 bits per heavy atom. The highest BCUT2D eigenvalue weighted by atomic mass is 16.6. The standard InChI is InChI=1S/C15H15N3O6/c1-9(2)15(20)23-7-3-4-11(19)8-10-5-6-12(18(21)22)14-13(10)16-24-17-14/h5-6H,1,3-4,7-8H2,2H3. The summed E-state index contributed by atoms with van der Waals surface area (Å²) in [4.78, 5) is 33.5. The number of fused-ring (bicyclic) bond motifs is 1. The average molecular weight is 333 g/mol. The number of ether oxygens (including phenoxy) is 1. The molecule has 2 rings (SSSR count). The zero-order chi connectivity index (χ0) is 17.7. The van der Waals surface area contributed by atoms with Crippen molar-refractivity contribution in [3.63, 3.8) is 0 Å². The van der Waals surface area contributed by atoms with Crippen molar-refractivity contribution < 1.29 is 23.9 Å². The minimum atomic E-state index is -0.589. The van der Waals surface area contributed by atoms with Gasteiger partial charge in [-0.05, 0) is 35.3 Å². The Hall–Kier alpha value is -3.10. The molecule has 2 aromatic rings. The fourth-order valence-electron chi connectivity index (χ4n) is 2.05. The smallest absolute Gasteiger partial charge is 0.333 e.